The van der Waals surface area contributed by atoms with E-state index < -0.39 is 0 Å². The van der Waals surface area contributed by atoms with E-state index in [0.29, 0.717) is 6.42 Å². The maximum atomic E-state index is 12.4. The number of aromatic nitrogens is 1. The third-order valence-electron chi connectivity index (χ3n) is 4.98. The van der Waals surface area contributed by atoms with Crippen LogP contribution in [0.3, 0.4) is 0 Å². The van der Waals surface area contributed by atoms with Crippen molar-refractivity contribution in [1.29, 1.82) is 0 Å². The summed E-state index contributed by atoms with van der Waals surface area (Å²) in [5, 5.41) is 4.51. The summed E-state index contributed by atoms with van der Waals surface area (Å²) in [4.78, 5) is 15.9. The summed E-state index contributed by atoms with van der Waals surface area (Å²) in [6.45, 7) is 0. The molecular weight excluding hydrogens is 312 g/mol. The van der Waals surface area contributed by atoms with Crippen LogP contribution in [0.2, 0.25) is 0 Å². The lowest BCUT2D eigenvalue weighted by atomic mass is 9.91. The van der Waals surface area contributed by atoms with Crippen molar-refractivity contribution in [1.82, 2.24) is 10.3 Å². The Labute approximate surface area is 147 Å². The fourth-order valence-corrected chi connectivity index (χ4v) is 3.71. The van der Waals surface area contributed by atoms with Gasteiger partial charge in [0.25, 0.3) is 0 Å². The molecule has 1 amide bonds. The second-order valence-corrected chi connectivity index (χ2v) is 6.66. The van der Waals surface area contributed by atoms with Crippen LogP contribution in [0.1, 0.15) is 23.2 Å². The molecule has 1 aliphatic carbocycles. The zero-order valence-corrected chi connectivity index (χ0v) is 14.3. The van der Waals surface area contributed by atoms with Crippen LogP contribution in [0, 0.1) is 0 Å². The van der Waals surface area contributed by atoms with Gasteiger partial charge in [0.1, 0.15) is 5.75 Å². The minimum atomic E-state index is 0.0785. The third kappa shape index (κ3) is 3.25. The minimum absolute atomic E-state index is 0.0785. The van der Waals surface area contributed by atoms with Gasteiger partial charge in [-0.2, -0.15) is 0 Å². The van der Waals surface area contributed by atoms with Crippen LogP contribution in [-0.2, 0) is 24.1 Å². The number of hydrogen-bond donors (Lipinski definition) is 2. The topological polar surface area (TPSA) is 54.1 Å². The van der Waals surface area contributed by atoms with E-state index >= 15 is 0 Å². The van der Waals surface area contributed by atoms with Gasteiger partial charge >= 0.3 is 0 Å². The first-order valence-electron chi connectivity index (χ1n) is 8.73. The first kappa shape index (κ1) is 15.8. The van der Waals surface area contributed by atoms with Crippen LogP contribution in [0.5, 0.6) is 5.75 Å². The molecule has 4 heteroatoms. The van der Waals surface area contributed by atoms with Crippen molar-refractivity contribution in [3.63, 3.8) is 0 Å². The summed E-state index contributed by atoms with van der Waals surface area (Å²) < 4.78 is 5.15. The smallest absolute Gasteiger partial charge is 0.224 e. The lowest BCUT2D eigenvalue weighted by Crippen LogP contribution is -2.39. The molecule has 2 aromatic carbocycles. The quantitative estimate of drug-likeness (QED) is 0.768. The average molecular weight is 334 g/mol. The van der Waals surface area contributed by atoms with Crippen LogP contribution in [0.25, 0.3) is 10.9 Å². The normalized spacial score (nSPS) is 16.4. The average Bonchev–Trinajstić information content (AvgIpc) is 3.00. The molecule has 1 aromatic heterocycles. The fraction of sp³-hybridized carbons (Fsp3) is 0.286. The maximum Gasteiger partial charge on any atom is 0.224 e. The van der Waals surface area contributed by atoms with Crippen molar-refractivity contribution < 1.29 is 9.53 Å². The van der Waals surface area contributed by atoms with E-state index in [9.17, 15) is 4.79 Å². The zero-order chi connectivity index (χ0) is 17.2. The van der Waals surface area contributed by atoms with Crippen molar-refractivity contribution in [2.75, 3.05) is 7.11 Å². The first-order chi connectivity index (χ1) is 12.2. The number of carbonyl (C=O) groups excluding carboxylic acids is 1. The number of methoxy groups -OCH3 is 1. The number of rotatable bonds is 4. The van der Waals surface area contributed by atoms with E-state index in [-0.39, 0.29) is 11.9 Å². The number of nitrogens with one attached hydrogen (secondary N) is 2. The molecule has 25 heavy (non-hydrogen) atoms. The van der Waals surface area contributed by atoms with Crippen LogP contribution in [-0.4, -0.2) is 24.0 Å². The van der Waals surface area contributed by atoms with Crippen molar-refractivity contribution >= 4 is 16.8 Å². The Kier molecular flexibility index (Phi) is 4.18. The van der Waals surface area contributed by atoms with Crippen molar-refractivity contribution in [3.05, 3.63) is 65.4 Å². The van der Waals surface area contributed by atoms with Crippen LogP contribution in [0.4, 0.5) is 0 Å². The number of H-pyrrole nitrogens is 1. The molecule has 0 saturated heterocycles. The summed E-state index contributed by atoms with van der Waals surface area (Å²) in [6.07, 6.45) is 3.27. The summed E-state index contributed by atoms with van der Waals surface area (Å²) >= 11 is 0. The highest BCUT2D eigenvalue weighted by Gasteiger charge is 2.23. The Morgan fingerprint density at radius 1 is 1.20 bits per heavy atom. The molecule has 3 aromatic rings. The van der Waals surface area contributed by atoms with Crippen molar-refractivity contribution in [2.45, 2.75) is 31.7 Å². The number of ether oxygens (including phenoxy) is 1. The second-order valence-electron chi connectivity index (χ2n) is 6.66. The number of fused-ring (bicyclic) bond motifs is 3. The van der Waals surface area contributed by atoms with E-state index in [4.69, 9.17) is 4.74 Å². The monoisotopic (exact) mass is 334 g/mol. The molecule has 0 bridgehead atoms. The lowest BCUT2D eigenvalue weighted by Gasteiger charge is -2.23. The Morgan fingerprint density at radius 3 is 2.80 bits per heavy atom. The molecular formula is C21H22N2O2. The Morgan fingerprint density at radius 2 is 2.00 bits per heavy atom. The molecule has 4 nitrogen and oxygen atoms in total. The largest absolute Gasteiger partial charge is 0.497 e. The molecule has 1 aliphatic rings. The number of carbonyl (C=O) groups is 1. The van der Waals surface area contributed by atoms with Gasteiger partial charge in [0.05, 0.1) is 13.5 Å². The van der Waals surface area contributed by atoms with Gasteiger partial charge in [-0.1, -0.05) is 30.3 Å². The Hall–Kier alpha value is -2.75. The predicted molar refractivity (Wildman–Crippen MR) is 99.0 cm³/mol. The fourth-order valence-electron chi connectivity index (χ4n) is 3.71. The lowest BCUT2D eigenvalue weighted by molar-refractivity contribution is -0.121. The van der Waals surface area contributed by atoms with Gasteiger partial charge in [-0.15, -0.1) is 0 Å². The van der Waals surface area contributed by atoms with E-state index in [2.05, 4.69) is 34.6 Å². The highest BCUT2D eigenvalue weighted by atomic mass is 16.5. The van der Waals surface area contributed by atoms with Gasteiger partial charge in [-0.05, 0) is 42.2 Å². The molecule has 0 fully saturated rings. The minimum Gasteiger partial charge on any atom is -0.497 e. The van der Waals surface area contributed by atoms with Crippen molar-refractivity contribution in [2.24, 2.45) is 0 Å². The van der Waals surface area contributed by atoms with Gasteiger partial charge in [-0.25, -0.2) is 0 Å². The first-order valence-corrected chi connectivity index (χ1v) is 8.73. The summed E-state index contributed by atoms with van der Waals surface area (Å²) in [6, 6.07) is 16.3. The molecule has 0 radical (unpaired) electrons. The number of aromatic amines is 1. The molecule has 2 N–H and O–H groups in total. The highest BCUT2D eigenvalue weighted by molar-refractivity contribution is 5.85. The van der Waals surface area contributed by atoms with E-state index in [1.807, 2.05) is 24.3 Å². The summed E-state index contributed by atoms with van der Waals surface area (Å²) in [5.74, 6) is 0.887. The van der Waals surface area contributed by atoms with Crippen molar-refractivity contribution in [3.8, 4) is 5.75 Å². The van der Waals surface area contributed by atoms with E-state index in [1.165, 1.54) is 22.2 Å². The number of benzene rings is 2. The van der Waals surface area contributed by atoms with Crippen LogP contribution in [0.15, 0.2) is 48.5 Å². The third-order valence-corrected chi connectivity index (χ3v) is 4.98. The van der Waals surface area contributed by atoms with Crippen LogP contribution < -0.4 is 10.1 Å². The molecule has 4 rings (SSSR count). The van der Waals surface area contributed by atoms with E-state index in [1.54, 1.807) is 7.11 Å². The standard InChI is InChI=1S/C21H22N2O2/c1-25-16-9-6-14(7-10-16)12-21(24)22-15-8-11-18-17-4-2-3-5-19(17)23-20(18)13-15/h2-7,9-10,15,23H,8,11-13H2,1H3,(H,22,24). The SMILES string of the molecule is COc1ccc(CC(=O)NC2CCc3c([nH]c4ccccc34)C2)cc1. The molecule has 0 saturated carbocycles. The Bertz CT molecular complexity index is 896. The second kappa shape index (κ2) is 6.63. The molecule has 0 aliphatic heterocycles. The van der Waals surface area contributed by atoms with Gasteiger partial charge in [-0.3, -0.25) is 4.79 Å². The molecule has 1 heterocycles. The van der Waals surface area contributed by atoms with Gasteiger partial charge < -0.3 is 15.0 Å². The molecule has 0 spiro atoms. The van der Waals surface area contributed by atoms with Gasteiger partial charge in [0.2, 0.25) is 5.91 Å². The van der Waals surface area contributed by atoms with E-state index in [0.717, 1.165) is 30.6 Å². The van der Waals surface area contributed by atoms with Gasteiger partial charge in [0.15, 0.2) is 0 Å². The molecule has 1 atom stereocenters. The maximum absolute atomic E-state index is 12.4. The summed E-state index contributed by atoms with van der Waals surface area (Å²) in [5.41, 5.74) is 4.87. The molecule has 1 unspecified atom stereocenters. The Balaban J connectivity index is 1.40. The number of amides is 1. The number of para-hydroxylation sites is 1. The number of hydrogen-bond acceptors (Lipinski definition) is 2. The van der Waals surface area contributed by atoms with Crippen LogP contribution >= 0.6 is 0 Å². The zero-order valence-electron chi connectivity index (χ0n) is 14.3. The van der Waals surface area contributed by atoms with Gasteiger partial charge in [0, 0.05) is 29.1 Å². The molecule has 128 valence electrons. The summed E-state index contributed by atoms with van der Waals surface area (Å²) in [7, 11) is 1.64. The number of aryl methyl sites for hydroxylation is 1. The predicted octanol–water partition coefficient (Wildman–Crippen LogP) is 3.39. The highest BCUT2D eigenvalue weighted by Crippen LogP contribution is 2.29.